The zero-order valence-electron chi connectivity index (χ0n) is 20.5. The van der Waals surface area contributed by atoms with Crippen LogP contribution in [0.1, 0.15) is 36.8 Å². The molecule has 0 saturated heterocycles. The largest absolute Gasteiger partial charge is 0.486 e. The summed E-state index contributed by atoms with van der Waals surface area (Å²) in [6, 6.07) is 21.5. The Kier molecular flexibility index (Phi) is 6.30. The van der Waals surface area contributed by atoms with Crippen molar-refractivity contribution in [2.75, 3.05) is 13.2 Å². The van der Waals surface area contributed by atoms with Gasteiger partial charge in [0.15, 0.2) is 16.9 Å². The molecule has 0 bridgehead atoms. The van der Waals surface area contributed by atoms with E-state index in [4.69, 9.17) is 9.47 Å². The summed E-state index contributed by atoms with van der Waals surface area (Å²) in [5.74, 6) is 0.958. The van der Waals surface area contributed by atoms with Gasteiger partial charge in [-0.05, 0) is 50.2 Å². The van der Waals surface area contributed by atoms with E-state index in [9.17, 15) is 9.59 Å². The van der Waals surface area contributed by atoms with E-state index >= 15 is 0 Å². The quantitative estimate of drug-likeness (QED) is 0.379. The number of carbonyl (C=O) groups is 1. The Hall–Kier alpha value is -3.49. The number of aromatic nitrogens is 1. The van der Waals surface area contributed by atoms with E-state index in [1.165, 1.54) is 9.75 Å². The SMILES string of the molecule is Cc1ccc([C@@H]2Cc3c(C(=O)NC[C@H]4COc5ccccc5O4)c(=O)cc(C)n3-c3ccccc3S2)s1. The molecule has 0 radical (unpaired) electrons. The number of nitrogens with zero attached hydrogens (tertiary/aromatic N) is 1. The average Bonchev–Trinajstić information content (AvgIpc) is 3.25. The van der Waals surface area contributed by atoms with Crippen LogP contribution in [0, 0.1) is 13.8 Å². The zero-order chi connectivity index (χ0) is 25.5. The minimum Gasteiger partial charge on any atom is -0.486 e. The molecule has 2 atom stereocenters. The number of ether oxygens (including phenoxy) is 2. The summed E-state index contributed by atoms with van der Waals surface area (Å²) >= 11 is 3.54. The van der Waals surface area contributed by atoms with Gasteiger partial charge in [-0.1, -0.05) is 24.3 Å². The van der Waals surface area contributed by atoms with Crippen molar-refractivity contribution < 1.29 is 14.3 Å². The van der Waals surface area contributed by atoms with Gasteiger partial charge in [-0.25, -0.2) is 0 Å². The molecule has 0 unspecified atom stereocenters. The van der Waals surface area contributed by atoms with Gasteiger partial charge in [0.1, 0.15) is 18.3 Å². The summed E-state index contributed by atoms with van der Waals surface area (Å²) in [6.45, 7) is 4.58. The van der Waals surface area contributed by atoms with Gasteiger partial charge >= 0.3 is 0 Å². The third kappa shape index (κ3) is 4.55. The molecule has 6 rings (SSSR count). The molecule has 37 heavy (non-hydrogen) atoms. The highest BCUT2D eigenvalue weighted by molar-refractivity contribution is 7.99. The second kappa shape index (κ2) is 9.76. The van der Waals surface area contributed by atoms with Crippen molar-refractivity contribution in [3.8, 4) is 17.2 Å². The minimum atomic E-state index is -0.387. The molecule has 0 spiro atoms. The first-order valence-corrected chi connectivity index (χ1v) is 13.9. The smallest absolute Gasteiger partial charge is 0.257 e. The number of fused-ring (bicyclic) bond motifs is 4. The maximum absolute atomic E-state index is 13.6. The third-order valence-corrected chi connectivity index (χ3v) is 9.18. The number of pyridine rings is 1. The van der Waals surface area contributed by atoms with Gasteiger partial charge in [-0.3, -0.25) is 9.59 Å². The fourth-order valence-electron chi connectivity index (χ4n) is 4.92. The van der Waals surface area contributed by atoms with Gasteiger partial charge in [0.2, 0.25) is 0 Å². The molecule has 2 aliphatic rings. The van der Waals surface area contributed by atoms with E-state index in [-0.39, 0.29) is 34.8 Å². The number of aryl methyl sites for hydroxylation is 2. The highest BCUT2D eigenvalue weighted by Gasteiger charge is 2.30. The average molecular weight is 531 g/mol. The van der Waals surface area contributed by atoms with Crippen molar-refractivity contribution in [2.45, 2.75) is 36.5 Å². The van der Waals surface area contributed by atoms with Crippen LogP contribution < -0.4 is 20.2 Å². The van der Waals surface area contributed by atoms with Gasteiger partial charge in [-0.15, -0.1) is 23.1 Å². The number of nitrogens with one attached hydrogen (secondary N) is 1. The van der Waals surface area contributed by atoms with Gasteiger partial charge in [-0.2, -0.15) is 0 Å². The molecule has 6 nitrogen and oxygen atoms in total. The monoisotopic (exact) mass is 530 g/mol. The Morgan fingerprint density at radius 2 is 1.84 bits per heavy atom. The highest BCUT2D eigenvalue weighted by Crippen LogP contribution is 2.46. The van der Waals surface area contributed by atoms with Crippen molar-refractivity contribution in [2.24, 2.45) is 0 Å². The molecule has 1 N–H and O–H groups in total. The van der Waals surface area contributed by atoms with Gasteiger partial charge in [0, 0.05) is 43.8 Å². The molecule has 4 aromatic rings. The Morgan fingerprint density at radius 3 is 2.65 bits per heavy atom. The molecule has 188 valence electrons. The lowest BCUT2D eigenvalue weighted by Gasteiger charge is -2.26. The number of amides is 1. The predicted octanol–water partition coefficient (Wildman–Crippen LogP) is 5.48. The van der Waals surface area contributed by atoms with Crippen molar-refractivity contribution in [3.05, 3.63) is 104 Å². The van der Waals surface area contributed by atoms with Crippen molar-refractivity contribution >= 4 is 29.0 Å². The molecule has 8 heteroatoms. The lowest BCUT2D eigenvalue weighted by atomic mass is 10.0. The molecule has 0 saturated carbocycles. The first-order valence-electron chi connectivity index (χ1n) is 12.2. The second-order valence-corrected chi connectivity index (χ2v) is 11.8. The Labute approximate surface area is 223 Å². The summed E-state index contributed by atoms with van der Waals surface area (Å²) in [7, 11) is 0. The number of hydrogen-bond donors (Lipinski definition) is 1. The molecular formula is C29H26N2O4S2. The van der Waals surface area contributed by atoms with Crippen LogP contribution in [0.25, 0.3) is 5.69 Å². The van der Waals surface area contributed by atoms with Crippen LogP contribution in [-0.2, 0) is 6.42 Å². The summed E-state index contributed by atoms with van der Waals surface area (Å²) in [4.78, 5) is 30.5. The van der Waals surface area contributed by atoms with E-state index in [0.717, 1.165) is 22.0 Å². The number of para-hydroxylation sites is 3. The molecule has 4 heterocycles. The van der Waals surface area contributed by atoms with E-state index < -0.39 is 0 Å². The van der Waals surface area contributed by atoms with Gasteiger partial charge < -0.3 is 19.4 Å². The van der Waals surface area contributed by atoms with E-state index in [0.29, 0.717) is 24.5 Å². The number of thiophene rings is 1. The van der Waals surface area contributed by atoms with Crippen LogP contribution in [0.2, 0.25) is 0 Å². The highest BCUT2D eigenvalue weighted by atomic mass is 32.2. The molecular weight excluding hydrogens is 504 g/mol. The first kappa shape index (κ1) is 23.9. The summed E-state index contributed by atoms with van der Waals surface area (Å²) < 4.78 is 13.9. The second-order valence-electron chi connectivity index (χ2n) is 9.24. The number of thioether (sulfide) groups is 1. The van der Waals surface area contributed by atoms with Gasteiger partial charge in [0.05, 0.1) is 12.2 Å². The van der Waals surface area contributed by atoms with Crippen molar-refractivity contribution in [1.82, 2.24) is 9.88 Å². The first-order chi connectivity index (χ1) is 18.0. The standard InChI is InChI=1S/C29H26N2O4S2/c1-17-13-22(32)28(29(33)30-15-19-16-34-23-8-4-5-9-24(23)35-19)21-14-27(26-12-11-18(2)36-26)37-25-10-6-3-7-20(25)31(17)21/h3-13,19,27H,14-16H2,1-2H3,(H,30,33)/t19-,27-/m0/s1. The van der Waals surface area contributed by atoms with Crippen LogP contribution in [-0.4, -0.2) is 29.7 Å². The zero-order valence-corrected chi connectivity index (χ0v) is 22.2. The molecule has 0 aliphatic carbocycles. The van der Waals surface area contributed by atoms with E-state index in [1.807, 2.05) is 43.3 Å². The molecule has 2 aliphatic heterocycles. The summed E-state index contributed by atoms with van der Waals surface area (Å²) in [6.07, 6.45) is 0.221. The number of benzene rings is 2. The fourth-order valence-corrected chi connectivity index (χ4v) is 7.25. The third-order valence-electron chi connectivity index (χ3n) is 6.62. The Balaban J connectivity index is 1.35. The van der Waals surface area contributed by atoms with Crippen LogP contribution in [0.4, 0.5) is 0 Å². The van der Waals surface area contributed by atoms with E-state index in [1.54, 1.807) is 29.2 Å². The molecule has 2 aromatic carbocycles. The van der Waals surface area contributed by atoms with Crippen molar-refractivity contribution in [1.29, 1.82) is 0 Å². The topological polar surface area (TPSA) is 69.6 Å². The Morgan fingerprint density at radius 1 is 1.05 bits per heavy atom. The maximum Gasteiger partial charge on any atom is 0.257 e. The maximum atomic E-state index is 13.6. The summed E-state index contributed by atoms with van der Waals surface area (Å²) in [5, 5.41) is 3.04. The van der Waals surface area contributed by atoms with Gasteiger partial charge in [0.25, 0.3) is 5.91 Å². The molecule has 2 aromatic heterocycles. The number of rotatable bonds is 4. The van der Waals surface area contributed by atoms with Crippen LogP contribution in [0.15, 0.2) is 76.4 Å². The number of carbonyl (C=O) groups excluding carboxylic acids is 1. The van der Waals surface area contributed by atoms with Crippen LogP contribution >= 0.6 is 23.1 Å². The number of hydrogen-bond acceptors (Lipinski definition) is 6. The molecule has 0 fully saturated rings. The lowest BCUT2D eigenvalue weighted by Crippen LogP contribution is -2.42. The minimum absolute atomic E-state index is 0.0907. The van der Waals surface area contributed by atoms with Crippen LogP contribution in [0.5, 0.6) is 11.5 Å². The normalized spacial score (nSPS) is 17.9. The summed E-state index contributed by atoms with van der Waals surface area (Å²) in [5.41, 5.74) is 2.47. The van der Waals surface area contributed by atoms with E-state index in [2.05, 4.69) is 41.1 Å². The fraction of sp³-hybridized carbons (Fsp3) is 0.241. The Bertz CT molecular complexity index is 1560. The van der Waals surface area contributed by atoms with Crippen molar-refractivity contribution in [3.63, 3.8) is 0 Å². The van der Waals surface area contributed by atoms with Crippen LogP contribution in [0.3, 0.4) is 0 Å². The molecule has 1 amide bonds. The predicted molar refractivity (Wildman–Crippen MR) is 147 cm³/mol. The lowest BCUT2D eigenvalue weighted by molar-refractivity contribution is 0.0787.